The molecule has 1 amide bonds. The molecule has 7 heteroatoms. The highest BCUT2D eigenvalue weighted by Crippen LogP contribution is 2.30. The van der Waals surface area contributed by atoms with Crippen LogP contribution in [0.25, 0.3) is 0 Å². The van der Waals surface area contributed by atoms with E-state index >= 15 is 0 Å². The molecule has 2 rings (SSSR count). The fourth-order valence-corrected chi connectivity index (χ4v) is 3.36. The summed E-state index contributed by atoms with van der Waals surface area (Å²) in [7, 11) is 0. The zero-order chi connectivity index (χ0) is 18.6. The Morgan fingerprint density at radius 2 is 2.04 bits per heavy atom. The predicted octanol–water partition coefficient (Wildman–Crippen LogP) is 3.91. The van der Waals surface area contributed by atoms with Gasteiger partial charge in [-0.1, -0.05) is 0 Å². The monoisotopic (exact) mass is 365 g/mol. The lowest BCUT2D eigenvalue weighted by Gasteiger charge is -2.34. The Morgan fingerprint density at radius 1 is 1.40 bits per heavy atom. The number of alkyl carbamates (subject to hydrolysis) is 1. The van der Waals surface area contributed by atoms with Gasteiger partial charge in [-0.3, -0.25) is 0 Å². The minimum absolute atomic E-state index is 0.0503. The van der Waals surface area contributed by atoms with E-state index in [4.69, 9.17) is 10.00 Å². The molecule has 1 N–H and O–H groups in total. The Balaban J connectivity index is 1.98. The summed E-state index contributed by atoms with van der Waals surface area (Å²) in [4.78, 5) is 14.6. The lowest BCUT2D eigenvalue weighted by molar-refractivity contribution is 0.0497. The molecule has 0 atom stereocenters. The number of ether oxygens (including phenoxy) is 1. The van der Waals surface area contributed by atoms with E-state index in [2.05, 4.69) is 10.2 Å². The van der Waals surface area contributed by atoms with Crippen molar-refractivity contribution in [2.75, 3.05) is 24.2 Å². The second-order valence-corrected chi connectivity index (χ2v) is 7.87. The molecule has 1 heterocycles. The van der Waals surface area contributed by atoms with Crippen LogP contribution in [0.2, 0.25) is 0 Å². The van der Waals surface area contributed by atoms with Gasteiger partial charge >= 0.3 is 6.09 Å². The molecule has 1 aliphatic rings. The highest BCUT2D eigenvalue weighted by atomic mass is 32.2. The Labute approximate surface area is 152 Å². The van der Waals surface area contributed by atoms with E-state index in [-0.39, 0.29) is 11.6 Å². The van der Waals surface area contributed by atoms with Crippen molar-refractivity contribution >= 4 is 23.5 Å². The van der Waals surface area contributed by atoms with Gasteiger partial charge in [0.15, 0.2) is 0 Å². The predicted molar refractivity (Wildman–Crippen MR) is 97.5 cm³/mol. The maximum atomic E-state index is 14.1. The van der Waals surface area contributed by atoms with Gasteiger partial charge in [0.05, 0.1) is 0 Å². The number of nitrogens with one attached hydrogen (secondary N) is 1. The molecule has 0 spiro atoms. The number of amides is 1. The van der Waals surface area contributed by atoms with Crippen LogP contribution in [0.1, 0.15) is 39.2 Å². The molecular weight excluding hydrogens is 341 g/mol. The van der Waals surface area contributed by atoms with Crippen LogP contribution < -0.4 is 10.2 Å². The number of carbonyl (C=O) groups excluding carboxylic acids is 1. The summed E-state index contributed by atoms with van der Waals surface area (Å²) < 4.78 is 19.4. The minimum Gasteiger partial charge on any atom is -0.444 e. The molecule has 0 unspecified atom stereocenters. The maximum absolute atomic E-state index is 14.1. The molecule has 25 heavy (non-hydrogen) atoms. The largest absolute Gasteiger partial charge is 0.444 e. The molecular formula is C18H24FN3O2S. The molecule has 0 radical (unpaired) electrons. The van der Waals surface area contributed by atoms with Crippen molar-refractivity contribution in [1.29, 1.82) is 5.26 Å². The van der Waals surface area contributed by atoms with Gasteiger partial charge in [0.2, 0.25) is 0 Å². The zero-order valence-corrected chi connectivity index (χ0v) is 15.9. The van der Waals surface area contributed by atoms with E-state index in [1.54, 1.807) is 0 Å². The van der Waals surface area contributed by atoms with Crippen LogP contribution in [0.15, 0.2) is 17.0 Å². The van der Waals surface area contributed by atoms with Crippen molar-refractivity contribution in [1.82, 2.24) is 5.32 Å². The van der Waals surface area contributed by atoms with Crippen molar-refractivity contribution in [3.63, 3.8) is 0 Å². The van der Waals surface area contributed by atoms with Crippen LogP contribution >= 0.6 is 11.8 Å². The number of halogens is 1. The lowest BCUT2D eigenvalue weighted by Crippen LogP contribution is -2.46. The van der Waals surface area contributed by atoms with Crippen LogP contribution in [0.5, 0.6) is 0 Å². The van der Waals surface area contributed by atoms with Gasteiger partial charge in [0.1, 0.15) is 23.1 Å². The third-order valence-corrected chi connectivity index (χ3v) is 4.71. The Morgan fingerprint density at radius 3 is 2.56 bits per heavy atom. The molecule has 0 aliphatic carbocycles. The van der Waals surface area contributed by atoms with Crippen molar-refractivity contribution in [3.8, 4) is 6.07 Å². The van der Waals surface area contributed by atoms with E-state index < -0.39 is 17.5 Å². The summed E-state index contributed by atoms with van der Waals surface area (Å²) in [6.45, 7) is 6.91. The number of hydrogen-bond donors (Lipinski definition) is 1. The van der Waals surface area contributed by atoms with E-state index in [0.29, 0.717) is 18.0 Å². The molecule has 1 saturated heterocycles. The third kappa shape index (κ3) is 5.27. The second-order valence-electron chi connectivity index (χ2n) is 7.02. The number of nitrogens with zero attached hydrogens (tertiary/aromatic N) is 2. The number of carbonyl (C=O) groups is 1. The highest BCUT2D eigenvalue weighted by Gasteiger charge is 2.24. The number of piperidine rings is 1. The zero-order valence-electron chi connectivity index (χ0n) is 15.1. The Kier molecular flexibility index (Phi) is 6.17. The molecule has 136 valence electrons. The fourth-order valence-electron chi connectivity index (χ4n) is 2.78. The number of thioether (sulfide) groups is 1. The van der Waals surface area contributed by atoms with E-state index in [0.717, 1.165) is 18.5 Å². The van der Waals surface area contributed by atoms with Gasteiger partial charge in [0, 0.05) is 29.7 Å². The third-order valence-electron chi connectivity index (χ3n) is 3.95. The number of rotatable bonds is 3. The first-order valence-corrected chi connectivity index (χ1v) is 9.48. The van der Waals surface area contributed by atoms with Gasteiger partial charge in [-0.2, -0.15) is 5.26 Å². The molecule has 1 aromatic rings. The van der Waals surface area contributed by atoms with Crippen molar-refractivity contribution < 1.29 is 13.9 Å². The first-order chi connectivity index (χ1) is 11.7. The van der Waals surface area contributed by atoms with E-state index in [1.165, 1.54) is 17.8 Å². The Bertz CT molecular complexity index is 674. The average Bonchev–Trinajstić information content (AvgIpc) is 2.52. The minimum atomic E-state index is -0.515. The van der Waals surface area contributed by atoms with Crippen LogP contribution in [0, 0.1) is 17.1 Å². The van der Waals surface area contributed by atoms with Crippen LogP contribution in [-0.4, -0.2) is 37.1 Å². The first-order valence-electron chi connectivity index (χ1n) is 8.25. The van der Waals surface area contributed by atoms with Crippen molar-refractivity contribution in [2.45, 2.75) is 50.2 Å². The van der Waals surface area contributed by atoms with E-state index in [9.17, 15) is 9.18 Å². The van der Waals surface area contributed by atoms with Gasteiger partial charge in [-0.25, -0.2) is 9.18 Å². The van der Waals surface area contributed by atoms with Gasteiger partial charge in [-0.05, 0) is 52.0 Å². The quantitative estimate of drug-likeness (QED) is 0.823. The standard InChI is InChI=1S/C18H24FN3O2S/c1-18(2,3)24-17(23)21-12-5-7-22(8-6-12)13-9-15(19)14(11-20)16(10-13)25-4/h9-10,12H,5-8H2,1-4H3,(H,21,23). The summed E-state index contributed by atoms with van der Waals surface area (Å²) in [5.74, 6) is -0.488. The summed E-state index contributed by atoms with van der Waals surface area (Å²) >= 11 is 1.36. The summed E-state index contributed by atoms with van der Waals surface area (Å²) in [6, 6.07) is 5.24. The highest BCUT2D eigenvalue weighted by molar-refractivity contribution is 7.98. The molecule has 5 nitrogen and oxygen atoms in total. The maximum Gasteiger partial charge on any atom is 0.407 e. The normalized spacial score (nSPS) is 15.6. The summed E-state index contributed by atoms with van der Waals surface area (Å²) in [6.07, 6.45) is 2.95. The second kappa shape index (κ2) is 7.96. The smallest absolute Gasteiger partial charge is 0.407 e. The van der Waals surface area contributed by atoms with Crippen LogP contribution in [-0.2, 0) is 4.74 Å². The SMILES string of the molecule is CSc1cc(N2CCC(NC(=O)OC(C)(C)C)CC2)cc(F)c1C#N. The molecule has 1 aliphatic heterocycles. The number of nitriles is 1. The lowest BCUT2D eigenvalue weighted by atomic mass is 10.0. The fraction of sp³-hybridized carbons (Fsp3) is 0.556. The van der Waals surface area contributed by atoms with E-state index in [1.807, 2.05) is 39.2 Å². The van der Waals surface area contributed by atoms with Crippen molar-refractivity contribution in [2.24, 2.45) is 0 Å². The molecule has 0 bridgehead atoms. The topological polar surface area (TPSA) is 65.4 Å². The molecule has 0 aromatic heterocycles. The Hall–Kier alpha value is -1.94. The van der Waals surface area contributed by atoms with Gasteiger partial charge in [0.25, 0.3) is 0 Å². The first kappa shape index (κ1) is 19.4. The molecule has 1 aromatic carbocycles. The summed E-state index contributed by atoms with van der Waals surface area (Å²) in [5, 5.41) is 12.0. The molecule has 1 fully saturated rings. The van der Waals surface area contributed by atoms with Crippen LogP contribution in [0.4, 0.5) is 14.9 Å². The van der Waals surface area contributed by atoms with Crippen molar-refractivity contribution in [3.05, 3.63) is 23.5 Å². The van der Waals surface area contributed by atoms with Crippen LogP contribution in [0.3, 0.4) is 0 Å². The number of benzene rings is 1. The van der Waals surface area contributed by atoms with Gasteiger partial charge in [-0.15, -0.1) is 11.8 Å². The summed E-state index contributed by atoms with van der Waals surface area (Å²) in [5.41, 5.74) is 0.355. The number of anilines is 1. The van der Waals surface area contributed by atoms with Gasteiger partial charge < -0.3 is 15.0 Å². The average molecular weight is 365 g/mol. The number of hydrogen-bond acceptors (Lipinski definition) is 5. The molecule has 0 saturated carbocycles.